The lowest BCUT2D eigenvalue weighted by Crippen LogP contribution is -2.47. The van der Waals surface area contributed by atoms with Crippen LogP contribution in [0.1, 0.15) is 38.7 Å². The predicted octanol–water partition coefficient (Wildman–Crippen LogP) is 3.91. The Balaban J connectivity index is 2.15. The first kappa shape index (κ1) is 13.4. The number of nitrogens with zero attached hydrogens (tertiary/aromatic N) is 2. The van der Waals surface area contributed by atoms with Crippen molar-refractivity contribution >= 4 is 21.6 Å². The van der Waals surface area contributed by atoms with Crippen molar-refractivity contribution in [3.05, 3.63) is 28.2 Å². The third-order valence-corrected chi connectivity index (χ3v) is 4.20. The van der Waals surface area contributed by atoms with Crippen molar-refractivity contribution < 1.29 is 0 Å². The lowest BCUT2D eigenvalue weighted by atomic mass is 10.00. The van der Waals surface area contributed by atoms with Crippen molar-refractivity contribution in [3.8, 4) is 6.07 Å². The molecule has 0 bridgehead atoms. The van der Waals surface area contributed by atoms with Crippen LogP contribution in [0, 0.1) is 11.3 Å². The molecular weight excluding hydrogens is 290 g/mol. The molecule has 1 aliphatic heterocycles. The van der Waals surface area contributed by atoms with Crippen molar-refractivity contribution in [3.63, 3.8) is 0 Å². The average Bonchev–Trinajstić information content (AvgIpc) is 2.35. The van der Waals surface area contributed by atoms with E-state index in [4.69, 9.17) is 5.26 Å². The Morgan fingerprint density at radius 3 is 2.56 bits per heavy atom. The number of rotatable bonds is 2. The molecule has 1 aromatic carbocycles. The molecule has 96 valence electrons. The van der Waals surface area contributed by atoms with Crippen LogP contribution in [-0.4, -0.2) is 17.1 Å². The molecule has 2 unspecified atom stereocenters. The van der Waals surface area contributed by atoms with Gasteiger partial charge in [-0.3, -0.25) is 0 Å². The fourth-order valence-corrected chi connectivity index (χ4v) is 2.92. The summed E-state index contributed by atoms with van der Waals surface area (Å²) in [5, 5.41) is 11.2. The fraction of sp³-hybridized carbons (Fsp3) is 0.500. The van der Waals surface area contributed by atoms with E-state index in [1.165, 1.54) is 19.3 Å². The fourth-order valence-electron chi connectivity index (χ4n) is 2.46. The van der Waals surface area contributed by atoms with Gasteiger partial charge in [-0.2, -0.15) is 5.26 Å². The van der Waals surface area contributed by atoms with Crippen molar-refractivity contribution in [1.82, 2.24) is 5.01 Å². The minimum atomic E-state index is 0.538. The maximum atomic E-state index is 8.86. The van der Waals surface area contributed by atoms with Crippen LogP contribution >= 0.6 is 15.9 Å². The van der Waals surface area contributed by atoms with Gasteiger partial charge < -0.3 is 5.43 Å². The van der Waals surface area contributed by atoms with Gasteiger partial charge in [0.1, 0.15) is 0 Å². The van der Waals surface area contributed by atoms with Gasteiger partial charge in [-0.05, 0) is 60.8 Å². The van der Waals surface area contributed by atoms with Crippen LogP contribution in [0.25, 0.3) is 0 Å². The molecule has 1 aromatic rings. The normalized spacial score (nSPS) is 24.6. The van der Waals surface area contributed by atoms with Crippen molar-refractivity contribution in [2.75, 3.05) is 5.43 Å². The molecule has 0 aromatic heterocycles. The zero-order valence-electron chi connectivity index (χ0n) is 10.8. The molecule has 0 spiro atoms. The highest BCUT2D eigenvalue weighted by Gasteiger charge is 2.24. The van der Waals surface area contributed by atoms with Crippen LogP contribution in [-0.2, 0) is 0 Å². The number of anilines is 1. The molecule has 0 amide bonds. The Morgan fingerprint density at radius 2 is 2.00 bits per heavy atom. The Labute approximate surface area is 117 Å². The minimum Gasteiger partial charge on any atom is -0.317 e. The minimum absolute atomic E-state index is 0.538. The molecule has 18 heavy (non-hydrogen) atoms. The van der Waals surface area contributed by atoms with E-state index in [-0.39, 0.29) is 0 Å². The average molecular weight is 308 g/mol. The largest absolute Gasteiger partial charge is 0.317 e. The molecule has 0 aliphatic carbocycles. The third-order valence-electron chi connectivity index (χ3n) is 3.54. The summed E-state index contributed by atoms with van der Waals surface area (Å²) in [6, 6.07) is 8.86. The van der Waals surface area contributed by atoms with Gasteiger partial charge in [0, 0.05) is 16.6 Å². The van der Waals surface area contributed by atoms with E-state index < -0.39 is 0 Å². The van der Waals surface area contributed by atoms with E-state index in [0.717, 1.165) is 10.2 Å². The molecule has 0 saturated carbocycles. The summed E-state index contributed by atoms with van der Waals surface area (Å²) >= 11 is 3.51. The summed E-state index contributed by atoms with van der Waals surface area (Å²) in [6.45, 7) is 4.50. The van der Waals surface area contributed by atoms with E-state index in [1.807, 2.05) is 18.2 Å². The Morgan fingerprint density at radius 1 is 1.33 bits per heavy atom. The second-order valence-corrected chi connectivity index (χ2v) is 5.81. The van der Waals surface area contributed by atoms with E-state index in [0.29, 0.717) is 17.6 Å². The lowest BCUT2D eigenvalue weighted by molar-refractivity contribution is 0.135. The number of hydrogen-bond donors (Lipinski definition) is 1. The molecule has 2 atom stereocenters. The maximum Gasteiger partial charge on any atom is 0.0992 e. The first-order valence-electron chi connectivity index (χ1n) is 6.36. The molecule has 1 heterocycles. The highest BCUT2D eigenvalue weighted by molar-refractivity contribution is 9.10. The molecule has 1 aliphatic rings. The third kappa shape index (κ3) is 2.85. The monoisotopic (exact) mass is 307 g/mol. The summed E-state index contributed by atoms with van der Waals surface area (Å²) in [7, 11) is 0. The van der Waals surface area contributed by atoms with Gasteiger partial charge in [0.15, 0.2) is 0 Å². The van der Waals surface area contributed by atoms with Crippen LogP contribution in [0.5, 0.6) is 0 Å². The predicted molar refractivity (Wildman–Crippen MR) is 77.1 cm³/mol. The standard InChI is InChI=1S/C14H18BrN3/c1-10-4-3-5-11(2)18(10)17-14-7-6-12(9-16)8-13(14)15/h6-8,10-11,17H,3-5H2,1-2H3. The quantitative estimate of drug-likeness (QED) is 0.900. The van der Waals surface area contributed by atoms with Gasteiger partial charge in [-0.1, -0.05) is 6.42 Å². The summed E-state index contributed by atoms with van der Waals surface area (Å²) in [5.41, 5.74) is 5.17. The molecule has 1 saturated heterocycles. The molecule has 4 heteroatoms. The zero-order valence-corrected chi connectivity index (χ0v) is 12.4. The van der Waals surface area contributed by atoms with E-state index >= 15 is 0 Å². The maximum absolute atomic E-state index is 8.86. The second kappa shape index (κ2) is 5.73. The van der Waals surface area contributed by atoms with Crippen LogP contribution in [0.2, 0.25) is 0 Å². The number of benzene rings is 1. The topological polar surface area (TPSA) is 39.1 Å². The first-order chi connectivity index (χ1) is 8.61. The van der Waals surface area contributed by atoms with E-state index in [2.05, 4.69) is 46.3 Å². The lowest BCUT2D eigenvalue weighted by Gasteiger charge is -2.39. The van der Waals surface area contributed by atoms with E-state index in [1.54, 1.807) is 0 Å². The number of piperidine rings is 1. The number of halogens is 1. The number of nitriles is 1. The highest BCUT2D eigenvalue weighted by atomic mass is 79.9. The molecule has 0 radical (unpaired) electrons. The SMILES string of the molecule is CC1CCCC(C)N1Nc1ccc(C#N)cc1Br. The zero-order chi connectivity index (χ0) is 13.1. The van der Waals surface area contributed by atoms with Gasteiger partial charge in [-0.15, -0.1) is 0 Å². The van der Waals surface area contributed by atoms with Crippen molar-refractivity contribution in [1.29, 1.82) is 5.26 Å². The highest BCUT2D eigenvalue weighted by Crippen LogP contribution is 2.28. The summed E-state index contributed by atoms with van der Waals surface area (Å²) in [5.74, 6) is 0. The summed E-state index contributed by atoms with van der Waals surface area (Å²) in [4.78, 5) is 0. The van der Waals surface area contributed by atoms with Crippen LogP contribution in [0.4, 0.5) is 5.69 Å². The van der Waals surface area contributed by atoms with E-state index in [9.17, 15) is 0 Å². The number of hydrogen-bond acceptors (Lipinski definition) is 3. The summed E-state index contributed by atoms with van der Waals surface area (Å²) in [6.07, 6.45) is 3.76. The number of hydrazine groups is 1. The Bertz CT molecular complexity index is 457. The molecule has 1 N–H and O–H groups in total. The smallest absolute Gasteiger partial charge is 0.0992 e. The van der Waals surface area contributed by atoms with Crippen molar-refractivity contribution in [2.45, 2.75) is 45.2 Å². The van der Waals surface area contributed by atoms with Crippen LogP contribution < -0.4 is 5.43 Å². The molecule has 1 fully saturated rings. The van der Waals surface area contributed by atoms with Gasteiger partial charge in [0.2, 0.25) is 0 Å². The van der Waals surface area contributed by atoms with Gasteiger partial charge in [0.25, 0.3) is 0 Å². The molecule has 2 rings (SSSR count). The van der Waals surface area contributed by atoms with Crippen LogP contribution in [0.3, 0.4) is 0 Å². The first-order valence-corrected chi connectivity index (χ1v) is 7.15. The Kier molecular flexibility index (Phi) is 4.26. The molecular formula is C14H18BrN3. The van der Waals surface area contributed by atoms with Gasteiger partial charge in [0.05, 0.1) is 17.3 Å². The van der Waals surface area contributed by atoms with Crippen LogP contribution in [0.15, 0.2) is 22.7 Å². The molecule has 3 nitrogen and oxygen atoms in total. The second-order valence-electron chi connectivity index (χ2n) is 4.95. The Hall–Kier alpha value is -1.05. The van der Waals surface area contributed by atoms with Crippen molar-refractivity contribution in [2.24, 2.45) is 0 Å². The van der Waals surface area contributed by atoms with Gasteiger partial charge >= 0.3 is 0 Å². The van der Waals surface area contributed by atoms with Gasteiger partial charge in [-0.25, -0.2) is 5.01 Å². The number of nitrogens with one attached hydrogen (secondary N) is 1. The summed E-state index contributed by atoms with van der Waals surface area (Å²) < 4.78 is 0.937.